The highest BCUT2D eigenvalue weighted by Crippen LogP contribution is 2.44. The number of carboxylic acid groups (broad SMARTS) is 1. The van der Waals surface area contributed by atoms with Crippen molar-refractivity contribution in [1.29, 1.82) is 0 Å². The molecule has 3 aromatic carbocycles. The van der Waals surface area contributed by atoms with Gasteiger partial charge in [-0.15, -0.1) is 0 Å². The molecule has 0 heterocycles. The number of hydroxylamine groups is 2. The Bertz CT molecular complexity index is 1220. The molecule has 0 atom stereocenters. The summed E-state index contributed by atoms with van der Waals surface area (Å²) in [5.41, 5.74) is 4.90. The van der Waals surface area contributed by atoms with Crippen LogP contribution in [-0.2, 0) is 14.4 Å². The summed E-state index contributed by atoms with van der Waals surface area (Å²) >= 11 is 6.23. The summed E-state index contributed by atoms with van der Waals surface area (Å²) < 4.78 is 5.51. The number of amides is 2. The number of rotatable bonds is 7. The lowest BCUT2D eigenvalue weighted by molar-refractivity contribution is -0.159. The number of hydrogen-bond acceptors (Lipinski definition) is 5. The van der Waals surface area contributed by atoms with Gasteiger partial charge in [0.1, 0.15) is 6.61 Å². The Morgan fingerprint density at radius 2 is 1.62 bits per heavy atom. The predicted molar refractivity (Wildman–Crippen MR) is 126 cm³/mol. The van der Waals surface area contributed by atoms with Gasteiger partial charge in [-0.25, -0.2) is 14.7 Å². The number of halogens is 1. The van der Waals surface area contributed by atoms with Gasteiger partial charge in [0.05, 0.1) is 10.7 Å². The topological polar surface area (TPSA) is 105 Å². The number of anilines is 1. The predicted octanol–water partition coefficient (Wildman–Crippen LogP) is 4.79. The van der Waals surface area contributed by atoms with Gasteiger partial charge in [-0.1, -0.05) is 60.1 Å². The van der Waals surface area contributed by atoms with Crippen molar-refractivity contribution in [2.24, 2.45) is 0 Å². The monoisotopic (exact) mass is 480 g/mol. The Hall–Kier alpha value is -3.88. The van der Waals surface area contributed by atoms with Gasteiger partial charge >= 0.3 is 12.1 Å². The maximum Gasteiger partial charge on any atom is 0.411 e. The van der Waals surface area contributed by atoms with Crippen molar-refractivity contribution in [2.75, 3.05) is 25.6 Å². The Balaban J connectivity index is 1.39. The van der Waals surface area contributed by atoms with E-state index in [0.29, 0.717) is 0 Å². The van der Waals surface area contributed by atoms with Gasteiger partial charge in [0, 0.05) is 18.5 Å². The standard InChI is InChI=1S/C25H21ClN2O6/c1-28(34-14-23(29)30)24(31)15-10-11-22(21(26)12-15)27-25(32)33-13-20-18-8-4-2-6-16(18)17-7-3-5-9-19(17)20/h2-12,20H,13-14H2,1H3,(H,27,32)(H,29,30). The molecule has 0 unspecified atom stereocenters. The van der Waals surface area contributed by atoms with E-state index in [2.05, 4.69) is 17.4 Å². The lowest BCUT2D eigenvalue weighted by atomic mass is 9.98. The summed E-state index contributed by atoms with van der Waals surface area (Å²) in [6.07, 6.45) is -0.676. The van der Waals surface area contributed by atoms with Crippen LogP contribution >= 0.6 is 11.6 Å². The quantitative estimate of drug-likeness (QED) is 0.471. The molecule has 0 fully saturated rings. The van der Waals surface area contributed by atoms with E-state index >= 15 is 0 Å². The molecular formula is C25H21ClN2O6. The van der Waals surface area contributed by atoms with Crippen LogP contribution in [-0.4, -0.2) is 48.4 Å². The zero-order valence-electron chi connectivity index (χ0n) is 18.2. The van der Waals surface area contributed by atoms with E-state index in [9.17, 15) is 14.4 Å². The lowest BCUT2D eigenvalue weighted by Gasteiger charge is -2.17. The van der Waals surface area contributed by atoms with Crippen LogP contribution in [0.3, 0.4) is 0 Å². The molecule has 8 nitrogen and oxygen atoms in total. The van der Waals surface area contributed by atoms with Gasteiger partial charge < -0.3 is 9.84 Å². The second kappa shape index (κ2) is 9.94. The summed E-state index contributed by atoms with van der Waals surface area (Å²) in [6, 6.07) is 20.3. The molecule has 4 rings (SSSR count). The fourth-order valence-electron chi connectivity index (χ4n) is 3.89. The first kappa shape index (κ1) is 23.3. The summed E-state index contributed by atoms with van der Waals surface area (Å²) in [5, 5.41) is 12.2. The molecule has 0 saturated carbocycles. The minimum Gasteiger partial charge on any atom is -0.479 e. The second-order valence-electron chi connectivity index (χ2n) is 7.61. The molecule has 3 aromatic rings. The van der Waals surface area contributed by atoms with Gasteiger partial charge in [0.25, 0.3) is 5.91 Å². The molecule has 0 aliphatic heterocycles. The highest BCUT2D eigenvalue weighted by molar-refractivity contribution is 6.34. The molecule has 0 radical (unpaired) electrons. The minimum atomic E-state index is -1.21. The van der Waals surface area contributed by atoms with Gasteiger partial charge in [-0.3, -0.25) is 14.9 Å². The van der Waals surface area contributed by atoms with E-state index in [1.165, 1.54) is 25.2 Å². The number of hydrogen-bond donors (Lipinski definition) is 2. The molecule has 34 heavy (non-hydrogen) atoms. The van der Waals surface area contributed by atoms with Crippen molar-refractivity contribution < 1.29 is 29.1 Å². The lowest BCUT2D eigenvalue weighted by Crippen LogP contribution is -2.29. The summed E-state index contributed by atoms with van der Waals surface area (Å²) in [6.45, 7) is -0.503. The Morgan fingerprint density at radius 3 is 2.21 bits per heavy atom. The van der Waals surface area contributed by atoms with Crippen molar-refractivity contribution in [3.05, 3.63) is 88.4 Å². The molecule has 0 bridgehead atoms. The number of nitrogens with one attached hydrogen (secondary N) is 1. The summed E-state index contributed by atoms with van der Waals surface area (Å²) in [4.78, 5) is 40.2. The zero-order chi connectivity index (χ0) is 24.2. The molecule has 0 aromatic heterocycles. The maximum absolute atomic E-state index is 12.5. The first-order chi connectivity index (χ1) is 16.3. The highest BCUT2D eigenvalue weighted by Gasteiger charge is 2.29. The van der Waals surface area contributed by atoms with Crippen LogP contribution in [0.1, 0.15) is 27.4 Å². The average Bonchev–Trinajstić information content (AvgIpc) is 3.15. The molecule has 0 saturated heterocycles. The number of ether oxygens (including phenoxy) is 1. The summed E-state index contributed by atoms with van der Waals surface area (Å²) in [5.74, 6) is -1.87. The third-order valence-electron chi connectivity index (χ3n) is 5.46. The maximum atomic E-state index is 12.5. The number of fused-ring (bicyclic) bond motifs is 3. The zero-order valence-corrected chi connectivity index (χ0v) is 18.9. The number of carbonyl (C=O) groups is 3. The normalized spacial score (nSPS) is 11.9. The van der Waals surface area contributed by atoms with E-state index in [4.69, 9.17) is 26.3 Å². The molecule has 2 amide bonds. The average molecular weight is 481 g/mol. The SMILES string of the molecule is CN(OCC(=O)O)C(=O)c1ccc(NC(=O)OCC2c3ccccc3-c3ccccc32)c(Cl)c1. The Morgan fingerprint density at radius 1 is 1.00 bits per heavy atom. The third kappa shape index (κ3) is 4.88. The molecule has 1 aliphatic rings. The van der Waals surface area contributed by atoms with E-state index in [1.807, 2.05) is 36.4 Å². The first-order valence-electron chi connectivity index (χ1n) is 10.4. The van der Waals surface area contributed by atoms with Gasteiger partial charge in [0.2, 0.25) is 0 Å². The van der Waals surface area contributed by atoms with Gasteiger partial charge in [-0.2, -0.15) is 0 Å². The molecular weight excluding hydrogens is 460 g/mol. The van der Waals surface area contributed by atoms with Gasteiger partial charge in [-0.05, 0) is 40.5 Å². The van der Waals surface area contributed by atoms with E-state index < -0.39 is 24.6 Å². The van der Waals surface area contributed by atoms with Crippen molar-refractivity contribution in [3.63, 3.8) is 0 Å². The van der Waals surface area contributed by atoms with Crippen LogP contribution in [0.15, 0.2) is 66.7 Å². The Labute approximate surface area is 200 Å². The van der Waals surface area contributed by atoms with Crippen LogP contribution < -0.4 is 5.32 Å². The van der Waals surface area contributed by atoms with Crippen molar-refractivity contribution in [2.45, 2.75) is 5.92 Å². The largest absolute Gasteiger partial charge is 0.479 e. The highest BCUT2D eigenvalue weighted by atomic mass is 35.5. The molecule has 1 aliphatic carbocycles. The van der Waals surface area contributed by atoms with Crippen LogP contribution in [0.5, 0.6) is 0 Å². The van der Waals surface area contributed by atoms with E-state index in [1.54, 1.807) is 0 Å². The van der Waals surface area contributed by atoms with Crippen molar-refractivity contribution >= 4 is 35.3 Å². The smallest absolute Gasteiger partial charge is 0.411 e. The molecule has 9 heteroatoms. The van der Waals surface area contributed by atoms with Crippen LogP contribution in [0.4, 0.5) is 10.5 Å². The Kier molecular flexibility index (Phi) is 6.81. The minimum absolute atomic E-state index is 0.0741. The fourth-order valence-corrected chi connectivity index (χ4v) is 4.11. The van der Waals surface area contributed by atoms with Crippen LogP contribution in [0.25, 0.3) is 11.1 Å². The van der Waals surface area contributed by atoms with Crippen molar-refractivity contribution in [1.82, 2.24) is 5.06 Å². The second-order valence-corrected chi connectivity index (χ2v) is 8.02. The fraction of sp³-hybridized carbons (Fsp3) is 0.160. The first-order valence-corrected chi connectivity index (χ1v) is 10.8. The van der Waals surface area contributed by atoms with Crippen LogP contribution in [0.2, 0.25) is 5.02 Å². The number of carboxylic acids is 1. The van der Waals surface area contributed by atoms with E-state index in [-0.39, 0.29) is 28.8 Å². The van der Waals surface area contributed by atoms with Crippen LogP contribution in [0, 0.1) is 0 Å². The number of benzene rings is 3. The van der Waals surface area contributed by atoms with Crippen molar-refractivity contribution in [3.8, 4) is 11.1 Å². The number of aliphatic carboxylic acids is 1. The summed E-state index contributed by atoms with van der Waals surface area (Å²) in [7, 11) is 1.29. The molecule has 0 spiro atoms. The molecule has 174 valence electrons. The number of nitrogens with zero attached hydrogens (tertiary/aromatic N) is 1. The number of carbonyl (C=O) groups excluding carboxylic acids is 2. The van der Waals surface area contributed by atoms with Gasteiger partial charge in [0.15, 0.2) is 6.61 Å². The molecule has 2 N–H and O–H groups in total. The van der Waals surface area contributed by atoms with E-state index in [0.717, 1.165) is 27.3 Å². The third-order valence-corrected chi connectivity index (χ3v) is 5.78.